The molecule has 0 atom stereocenters. The summed E-state index contributed by atoms with van der Waals surface area (Å²) in [6.07, 6.45) is 2.28. The highest BCUT2D eigenvalue weighted by Crippen LogP contribution is 2.37. The van der Waals surface area contributed by atoms with Gasteiger partial charge < -0.3 is 19.7 Å². The number of benzene rings is 2. The van der Waals surface area contributed by atoms with Crippen molar-refractivity contribution in [2.75, 3.05) is 7.11 Å². The van der Waals surface area contributed by atoms with Crippen LogP contribution in [0.1, 0.15) is 27.0 Å². The van der Waals surface area contributed by atoms with E-state index in [-0.39, 0.29) is 22.8 Å². The smallest absolute Gasteiger partial charge is 0.341 e. The molecule has 6 nitrogen and oxygen atoms in total. The second kappa shape index (κ2) is 8.84. The third kappa shape index (κ3) is 4.60. The molecule has 2 aromatic carbocycles. The number of ether oxygens (including phenoxy) is 2. The standard InChI is InChI=1S/C22H20ClNO5/c1-13-5-3-7-15(11-13)29-21-14(6-4-10-24-21)8-9-16-19(22(27)28-2)17(25)12-18(26)20(16)23/h3-7,10-12,25-26H,8-9H2,1-2H3. The first-order chi connectivity index (χ1) is 13.9. The van der Waals surface area contributed by atoms with Gasteiger partial charge >= 0.3 is 5.97 Å². The lowest BCUT2D eigenvalue weighted by molar-refractivity contribution is 0.0596. The molecule has 2 N–H and O–H groups in total. The largest absolute Gasteiger partial charge is 0.507 e. The molecule has 1 heterocycles. The number of aromatic nitrogens is 1. The second-order valence-corrected chi connectivity index (χ2v) is 6.84. The Bertz CT molecular complexity index is 1050. The minimum atomic E-state index is -0.734. The summed E-state index contributed by atoms with van der Waals surface area (Å²) in [5.74, 6) is -0.348. The van der Waals surface area contributed by atoms with E-state index in [9.17, 15) is 15.0 Å². The van der Waals surface area contributed by atoms with Crippen LogP contribution in [0.3, 0.4) is 0 Å². The Morgan fingerprint density at radius 1 is 1.10 bits per heavy atom. The van der Waals surface area contributed by atoms with Gasteiger partial charge in [-0.1, -0.05) is 29.8 Å². The molecule has 0 aliphatic heterocycles. The van der Waals surface area contributed by atoms with Crippen LogP contribution in [-0.4, -0.2) is 28.3 Å². The highest BCUT2D eigenvalue weighted by molar-refractivity contribution is 6.33. The number of aromatic hydroxyl groups is 2. The van der Waals surface area contributed by atoms with Gasteiger partial charge in [-0.3, -0.25) is 0 Å². The Balaban J connectivity index is 1.90. The van der Waals surface area contributed by atoms with E-state index in [0.29, 0.717) is 23.6 Å². The van der Waals surface area contributed by atoms with Gasteiger partial charge in [0.1, 0.15) is 22.8 Å². The highest BCUT2D eigenvalue weighted by atomic mass is 35.5. The van der Waals surface area contributed by atoms with Crippen LogP contribution in [0.15, 0.2) is 48.7 Å². The second-order valence-electron chi connectivity index (χ2n) is 6.46. The number of carbonyl (C=O) groups is 1. The quantitative estimate of drug-likeness (QED) is 0.563. The minimum Gasteiger partial charge on any atom is -0.507 e. The molecule has 0 aliphatic rings. The Morgan fingerprint density at radius 3 is 2.62 bits per heavy atom. The zero-order valence-electron chi connectivity index (χ0n) is 16.0. The number of rotatable bonds is 6. The average Bonchev–Trinajstić information content (AvgIpc) is 2.70. The number of carbonyl (C=O) groups excluding carboxylic acids is 1. The van der Waals surface area contributed by atoms with Crippen molar-refractivity contribution in [3.05, 3.63) is 75.9 Å². The number of esters is 1. The van der Waals surface area contributed by atoms with Crippen molar-refractivity contribution in [2.24, 2.45) is 0 Å². The van der Waals surface area contributed by atoms with Crippen molar-refractivity contribution in [2.45, 2.75) is 19.8 Å². The summed E-state index contributed by atoms with van der Waals surface area (Å²) in [6, 6.07) is 12.3. The number of methoxy groups -OCH3 is 1. The Labute approximate surface area is 173 Å². The fraction of sp³-hybridized carbons (Fsp3) is 0.182. The zero-order valence-corrected chi connectivity index (χ0v) is 16.7. The molecule has 0 aliphatic carbocycles. The maximum atomic E-state index is 12.1. The van der Waals surface area contributed by atoms with Gasteiger partial charge in [0.2, 0.25) is 5.88 Å². The number of nitrogens with zero attached hydrogens (tertiary/aromatic N) is 1. The maximum Gasteiger partial charge on any atom is 0.341 e. The van der Waals surface area contributed by atoms with Crippen molar-refractivity contribution in [1.29, 1.82) is 0 Å². The number of hydrogen-bond acceptors (Lipinski definition) is 6. The average molecular weight is 414 g/mol. The van der Waals surface area contributed by atoms with Crippen LogP contribution < -0.4 is 4.74 Å². The summed E-state index contributed by atoms with van der Waals surface area (Å²) < 4.78 is 10.7. The van der Waals surface area contributed by atoms with Crippen LogP contribution in [0.2, 0.25) is 5.02 Å². The molecule has 0 spiro atoms. The molecule has 3 rings (SSSR count). The van der Waals surface area contributed by atoms with Crippen molar-refractivity contribution in [1.82, 2.24) is 4.98 Å². The highest BCUT2D eigenvalue weighted by Gasteiger charge is 2.23. The first-order valence-corrected chi connectivity index (χ1v) is 9.28. The molecule has 0 saturated carbocycles. The molecular weight excluding hydrogens is 394 g/mol. The van der Waals surface area contributed by atoms with E-state index in [1.54, 1.807) is 12.3 Å². The Morgan fingerprint density at radius 2 is 1.90 bits per heavy atom. The summed E-state index contributed by atoms with van der Waals surface area (Å²) in [4.78, 5) is 16.4. The molecular formula is C22H20ClNO5. The number of halogens is 1. The monoisotopic (exact) mass is 413 g/mol. The van der Waals surface area contributed by atoms with Gasteiger partial charge in [-0.15, -0.1) is 0 Å². The van der Waals surface area contributed by atoms with Gasteiger partial charge in [0.15, 0.2) is 0 Å². The number of pyridine rings is 1. The van der Waals surface area contributed by atoms with E-state index in [1.807, 2.05) is 37.3 Å². The van der Waals surface area contributed by atoms with Crippen LogP contribution in [0, 0.1) is 6.92 Å². The molecule has 7 heteroatoms. The normalized spacial score (nSPS) is 10.6. The molecule has 0 amide bonds. The summed E-state index contributed by atoms with van der Waals surface area (Å²) in [7, 11) is 1.21. The molecule has 29 heavy (non-hydrogen) atoms. The van der Waals surface area contributed by atoms with Crippen molar-refractivity contribution in [3.63, 3.8) is 0 Å². The first kappa shape index (κ1) is 20.5. The van der Waals surface area contributed by atoms with Crippen LogP contribution in [-0.2, 0) is 17.6 Å². The van der Waals surface area contributed by atoms with Crippen LogP contribution in [0.25, 0.3) is 0 Å². The van der Waals surface area contributed by atoms with E-state index in [0.717, 1.165) is 17.2 Å². The lowest BCUT2D eigenvalue weighted by Crippen LogP contribution is -2.08. The Kier molecular flexibility index (Phi) is 6.24. The van der Waals surface area contributed by atoms with Crippen molar-refractivity contribution >= 4 is 17.6 Å². The summed E-state index contributed by atoms with van der Waals surface area (Å²) in [6.45, 7) is 1.97. The lowest BCUT2D eigenvalue weighted by atomic mass is 9.98. The molecule has 0 unspecified atom stereocenters. The predicted molar refractivity (Wildman–Crippen MR) is 109 cm³/mol. The van der Waals surface area contributed by atoms with Gasteiger partial charge in [0.25, 0.3) is 0 Å². The van der Waals surface area contributed by atoms with Crippen LogP contribution in [0.4, 0.5) is 0 Å². The number of phenols is 2. The lowest BCUT2D eigenvalue weighted by Gasteiger charge is -2.14. The predicted octanol–water partition coefficient (Wildman–Crippen LogP) is 4.82. The fourth-order valence-electron chi connectivity index (χ4n) is 3.00. The van der Waals surface area contributed by atoms with Gasteiger partial charge in [-0.05, 0) is 49.1 Å². The topological polar surface area (TPSA) is 88.9 Å². The third-order valence-corrected chi connectivity index (χ3v) is 4.83. The number of hydrogen-bond donors (Lipinski definition) is 2. The van der Waals surface area contributed by atoms with Crippen LogP contribution in [0.5, 0.6) is 23.1 Å². The van der Waals surface area contributed by atoms with E-state index in [2.05, 4.69) is 4.98 Å². The van der Waals surface area contributed by atoms with E-state index in [1.165, 1.54) is 7.11 Å². The summed E-state index contributed by atoms with van der Waals surface area (Å²) in [5, 5.41) is 20.1. The number of aryl methyl sites for hydroxylation is 2. The van der Waals surface area contributed by atoms with E-state index >= 15 is 0 Å². The molecule has 0 saturated heterocycles. The van der Waals surface area contributed by atoms with Gasteiger partial charge in [0, 0.05) is 17.8 Å². The zero-order chi connectivity index (χ0) is 21.0. The first-order valence-electron chi connectivity index (χ1n) is 8.90. The molecule has 0 radical (unpaired) electrons. The van der Waals surface area contributed by atoms with Gasteiger partial charge in [0.05, 0.1) is 12.1 Å². The number of phenolic OH excluding ortho intramolecular Hbond substituents is 2. The molecule has 1 aromatic heterocycles. The fourth-order valence-corrected chi connectivity index (χ4v) is 3.25. The van der Waals surface area contributed by atoms with E-state index < -0.39 is 11.7 Å². The van der Waals surface area contributed by atoms with Crippen molar-refractivity contribution in [3.8, 4) is 23.1 Å². The maximum absolute atomic E-state index is 12.1. The molecule has 0 bridgehead atoms. The summed E-state index contributed by atoms with van der Waals surface area (Å²) in [5.41, 5.74) is 2.06. The molecule has 3 aromatic rings. The minimum absolute atomic E-state index is 0.00626. The van der Waals surface area contributed by atoms with Crippen molar-refractivity contribution < 1.29 is 24.5 Å². The Hall–Kier alpha value is -3.25. The third-order valence-electron chi connectivity index (χ3n) is 4.41. The SMILES string of the molecule is COC(=O)c1c(O)cc(O)c(Cl)c1CCc1cccnc1Oc1cccc(C)c1. The van der Waals surface area contributed by atoms with Gasteiger partial charge in [-0.25, -0.2) is 9.78 Å². The summed E-state index contributed by atoms with van der Waals surface area (Å²) >= 11 is 6.21. The molecule has 0 fully saturated rings. The van der Waals surface area contributed by atoms with Gasteiger partial charge in [-0.2, -0.15) is 0 Å². The molecule has 150 valence electrons. The van der Waals surface area contributed by atoms with Crippen LogP contribution >= 0.6 is 11.6 Å². The van der Waals surface area contributed by atoms with E-state index in [4.69, 9.17) is 21.1 Å².